The summed E-state index contributed by atoms with van der Waals surface area (Å²) in [5, 5.41) is 8.04. The molecule has 1 fully saturated rings. The van der Waals surface area contributed by atoms with Gasteiger partial charge in [0.05, 0.1) is 0 Å². The number of carbonyl (C=O) groups excluding carboxylic acids is 1. The average Bonchev–Trinajstić information content (AvgIpc) is 3.23. The van der Waals surface area contributed by atoms with Crippen LogP contribution in [0.3, 0.4) is 0 Å². The Morgan fingerprint density at radius 3 is 2.83 bits per heavy atom. The summed E-state index contributed by atoms with van der Waals surface area (Å²) >= 11 is 7.93. The van der Waals surface area contributed by atoms with Gasteiger partial charge in [0.2, 0.25) is 0 Å². The highest BCUT2D eigenvalue weighted by Gasteiger charge is 2.33. The number of thiophene rings is 1. The van der Waals surface area contributed by atoms with Gasteiger partial charge in [-0.1, -0.05) is 29.8 Å². The first-order valence-corrected chi connectivity index (χ1v) is 9.27. The molecule has 1 saturated carbocycles. The highest BCUT2D eigenvalue weighted by atomic mass is 35.5. The van der Waals surface area contributed by atoms with E-state index < -0.39 is 0 Å². The Labute approximate surface area is 146 Å². The van der Waals surface area contributed by atoms with Gasteiger partial charge in [0.1, 0.15) is 0 Å². The molecular formula is C18H21ClN2OS. The van der Waals surface area contributed by atoms with E-state index in [1.807, 2.05) is 29.2 Å². The minimum Gasteiger partial charge on any atom is -0.335 e. The van der Waals surface area contributed by atoms with Crippen LogP contribution in [0.4, 0.5) is 4.79 Å². The van der Waals surface area contributed by atoms with Crippen molar-refractivity contribution in [3.8, 4) is 0 Å². The molecule has 2 amide bonds. The largest absolute Gasteiger partial charge is 0.335 e. The molecule has 1 aromatic heterocycles. The third kappa shape index (κ3) is 4.49. The van der Waals surface area contributed by atoms with Crippen LogP contribution in [0.5, 0.6) is 0 Å². The van der Waals surface area contributed by atoms with E-state index in [0.29, 0.717) is 12.6 Å². The van der Waals surface area contributed by atoms with Crippen molar-refractivity contribution < 1.29 is 4.79 Å². The highest BCUT2D eigenvalue weighted by Crippen LogP contribution is 2.30. The molecule has 3 nitrogen and oxygen atoms in total. The first-order valence-electron chi connectivity index (χ1n) is 7.95. The van der Waals surface area contributed by atoms with Gasteiger partial charge in [-0.3, -0.25) is 0 Å². The second-order valence-electron chi connectivity index (χ2n) is 6.14. The lowest BCUT2D eigenvalue weighted by Gasteiger charge is -2.25. The lowest BCUT2D eigenvalue weighted by atomic mass is 10.1. The predicted molar refractivity (Wildman–Crippen MR) is 96.0 cm³/mol. The lowest BCUT2D eigenvalue weighted by molar-refractivity contribution is 0.188. The van der Waals surface area contributed by atoms with Crippen LogP contribution in [0, 0.1) is 0 Å². The van der Waals surface area contributed by atoms with E-state index in [0.717, 1.165) is 29.8 Å². The number of rotatable bonds is 6. The lowest BCUT2D eigenvalue weighted by Crippen LogP contribution is -2.45. The number of urea groups is 1. The molecule has 1 heterocycles. The first kappa shape index (κ1) is 16.3. The summed E-state index contributed by atoms with van der Waals surface area (Å²) in [4.78, 5) is 14.6. The Morgan fingerprint density at radius 1 is 1.39 bits per heavy atom. The fraction of sp³-hybridized carbons (Fsp3) is 0.389. The van der Waals surface area contributed by atoms with Crippen molar-refractivity contribution in [1.82, 2.24) is 10.2 Å². The maximum atomic E-state index is 12.7. The molecule has 3 rings (SSSR count). The molecule has 122 valence electrons. The second-order valence-corrected chi connectivity index (χ2v) is 7.32. The monoisotopic (exact) mass is 348 g/mol. The van der Waals surface area contributed by atoms with Crippen molar-refractivity contribution in [2.24, 2.45) is 0 Å². The zero-order chi connectivity index (χ0) is 16.2. The van der Waals surface area contributed by atoms with Crippen LogP contribution in [0.1, 0.15) is 30.9 Å². The fourth-order valence-electron chi connectivity index (χ4n) is 2.67. The van der Waals surface area contributed by atoms with E-state index in [1.54, 1.807) is 11.3 Å². The zero-order valence-corrected chi connectivity index (χ0v) is 14.7. The van der Waals surface area contributed by atoms with Crippen molar-refractivity contribution in [1.29, 1.82) is 0 Å². The predicted octanol–water partition coefficient (Wildman–Crippen LogP) is 4.71. The van der Waals surface area contributed by atoms with Crippen LogP contribution in [0.25, 0.3) is 0 Å². The van der Waals surface area contributed by atoms with Crippen LogP contribution in [0.2, 0.25) is 5.02 Å². The summed E-state index contributed by atoms with van der Waals surface area (Å²) < 4.78 is 0. The van der Waals surface area contributed by atoms with Crippen LogP contribution >= 0.6 is 22.9 Å². The number of amides is 2. The number of halogens is 1. The van der Waals surface area contributed by atoms with Gasteiger partial charge in [-0.05, 0) is 60.2 Å². The molecule has 0 bridgehead atoms. The van der Waals surface area contributed by atoms with E-state index in [2.05, 4.69) is 29.1 Å². The molecule has 1 aliphatic rings. The number of hydrogen-bond donors (Lipinski definition) is 1. The van der Waals surface area contributed by atoms with E-state index >= 15 is 0 Å². The van der Waals surface area contributed by atoms with Gasteiger partial charge in [0.15, 0.2) is 0 Å². The van der Waals surface area contributed by atoms with Gasteiger partial charge in [-0.15, -0.1) is 0 Å². The van der Waals surface area contributed by atoms with Gasteiger partial charge in [0.25, 0.3) is 0 Å². The van der Waals surface area contributed by atoms with Gasteiger partial charge in [-0.25, -0.2) is 4.79 Å². The quantitative estimate of drug-likeness (QED) is 0.805. The van der Waals surface area contributed by atoms with Gasteiger partial charge >= 0.3 is 6.03 Å². The normalized spacial score (nSPS) is 15.2. The number of hydrogen-bond acceptors (Lipinski definition) is 2. The standard InChI is InChI=1S/C18H21ClN2OS/c1-13(10-14-8-9-23-12-14)20-18(22)21(16-6-7-16)11-15-4-2-3-5-17(15)19/h2-5,8-9,12-13,16H,6-7,10-11H2,1H3,(H,20,22). The van der Waals surface area contributed by atoms with Crippen molar-refractivity contribution in [3.05, 3.63) is 57.2 Å². The van der Waals surface area contributed by atoms with Crippen LogP contribution < -0.4 is 5.32 Å². The summed E-state index contributed by atoms with van der Waals surface area (Å²) in [5.41, 5.74) is 2.27. The van der Waals surface area contributed by atoms with Gasteiger partial charge in [0, 0.05) is 23.7 Å². The maximum Gasteiger partial charge on any atom is 0.318 e. The molecule has 1 aromatic carbocycles. The van der Waals surface area contributed by atoms with Gasteiger partial charge < -0.3 is 10.2 Å². The van der Waals surface area contributed by atoms with Crippen LogP contribution in [-0.2, 0) is 13.0 Å². The van der Waals surface area contributed by atoms with E-state index in [-0.39, 0.29) is 12.1 Å². The Bertz CT molecular complexity index is 655. The third-order valence-corrected chi connectivity index (χ3v) is 5.14. The Kier molecular flexibility index (Phi) is 5.23. The molecule has 23 heavy (non-hydrogen) atoms. The van der Waals surface area contributed by atoms with Gasteiger partial charge in [-0.2, -0.15) is 11.3 Å². The summed E-state index contributed by atoms with van der Waals surface area (Å²) in [6.45, 7) is 2.62. The average molecular weight is 349 g/mol. The topological polar surface area (TPSA) is 32.3 Å². The van der Waals surface area contributed by atoms with Crippen molar-refractivity contribution >= 4 is 29.0 Å². The van der Waals surface area contributed by atoms with E-state index in [1.165, 1.54) is 5.56 Å². The highest BCUT2D eigenvalue weighted by molar-refractivity contribution is 7.07. The van der Waals surface area contributed by atoms with Crippen LogP contribution in [0.15, 0.2) is 41.1 Å². The molecule has 0 saturated heterocycles. The molecule has 1 unspecified atom stereocenters. The molecule has 0 spiro atoms. The SMILES string of the molecule is CC(Cc1ccsc1)NC(=O)N(Cc1ccccc1Cl)C1CC1. The molecule has 1 aliphatic carbocycles. The van der Waals surface area contributed by atoms with Crippen molar-refractivity contribution in [3.63, 3.8) is 0 Å². The second kappa shape index (κ2) is 7.37. The summed E-state index contributed by atoms with van der Waals surface area (Å²) in [6, 6.07) is 10.3. The molecular weight excluding hydrogens is 328 g/mol. The zero-order valence-electron chi connectivity index (χ0n) is 13.2. The Morgan fingerprint density at radius 2 is 2.17 bits per heavy atom. The molecule has 0 radical (unpaired) electrons. The molecule has 2 aromatic rings. The summed E-state index contributed by atoms with van der Waals surface area (Å²) in [7, 11) is 0. The number of nitrogens with one attached hydrogen (secondary N) is 1. The van der Waals surface area contributed by atoms with Crippen LogP contribution in [-0.4, -0.2) is 23.0 Å². The minimum atomic E-state index is 0.00940. The fourth-order valence-corrected chi connectivity index (χ4v) is 3.55. The molecule has 0 aliphatic heterocycles. The molecule has 1 atom stereocenters. The maximum absolute atomic E-state index is 12.7. The number of carbonyl (C=O) groups is 1. The van der Waals surface area contributed by atoms with Crippen molar-refractivity contribution in [2.45, 2.75) is 44.8 Å². The molecule has 1 N–H and O–H groups in total. The van der Waals surface area contributed by atoms with Crippen molar-refractivity contribution in [2.75, 3.05) is 0 Å². The van der Waals surface area contributed by atoms with E-state index in [9.17, 15) is 4.79 Å². The minimum absolute atomic E-state index is 0.00940. The molecule has 5 heteroatoms. The smallest absolute Gasteiger partial charge is 0.318 e. The number of benzene rings is 1. The summed E-state index contributed by atoms with van der Waals surface area (Å²) in [6.07, 6.45) is 3.02. The Balaban J connectivity index is 1.61. The van der Waals surface area contributed by atoms with E-state index in [4.69, 9.17) is 11.6 Å². The first-order chi connectivity index (χ1) is 11.1. The third-order valence-electron chi connectivity index (χ3n) is 4.04. The Hall–Kier alpha value is -1.52. The number of nitrogens with zero attached hydrogens (tertiary/aromatic N) is 1. The summed E-state index contributed by atoms with van der Waals surface area (Å²) in [5.74, 6) is 0.